The van der Waals surface area contributed by atoms with Crippen LogP contribution >= 0.6 is 0 Å². The molecule has 0 saturated heterocycles. The van der Waals surface area contributed by atoms with E-state index in [1.54, 1.807) is 19.1 Å². The fraction of sp³-hybridized carbons (Fsp3) is 0.417. The minimum absolute atomic E-state index is 0.154. The highest BCUT2D eigenvalue weighted by Crippen LogP contribution is 2.09. The van der Waals surface area contributed by atoms with E-state index in [9.17, 15) is 13.2 Å². The highest BCUT2D eigenvalue weighted by molar-refractivity contribution is 7.88. The Morgan fingerprint density at radius 2 is 1.95 bits per heavy atom. The number of ether oxygens (including phenoxy) is 1. The van der Waals surface area contributed by atoms with Gasteiger partial charge in [0, 0.05) is 12.6 Å². The highest BCUT2D eigenvalue weighted by Gasteiger charge is 2.14. The van der Waals surface area contributed by atoms with E-state index < -0.39 is 16.0 Å². The van der Waals surface area contributed by atoms with E-state index >= 15 is 0 Å². The van der Waals surface area contributed by atoms with Crippen molar-refractivity contribution in [1.29, 1.82) is 0 Å². The molecule has 0 aromatic heterocycles. The van der Waals surface area contributed by atoms with Gasteiger partial charge in [-0.1, -0.05) is 12.1 Å². The number of nitrogens with one attached hydrogen (secondary N) is 1. The first kappa shape index (κ1) is 15.6. The number of carbonyl (C=O) groups is 1. The van der Waals surface area contributed by atoms with Crippen LogP contribution in [-0.2, 0) is 20.5 Å². The molecule has 0 heterocycles. The summed E-state index contributed by atoms with van der Waals surface area (Å²) in [6.07, 6.45) is 0. The zero-order valence-electron chi connectivity index (χ0n) is 10.9. The SMILES string of the molecule is COC(=O)c1ccc(CS(=O)(=O)NC(C)CN)cc1. The van der Waals surface area contributed by atoms with Crippen LogP contribution in [0.5, 0.6) is 0 Å². The summed E-state index contributed by atoms with van der Waals surface area (Å²) < 4.78 is 30.6. The predicted molar refractivity (Wildman–Crippen MR) is 72.1 cm³/mol. The lowest BCUT2D eigenvalue weighted by Crippen LogP contribution is -2.38. The van der Waals surface area contributed by atoms with Crippen molar-refractivity contribution in [2.75, 3.05) is 13.7 Å². The minimum Gasteiger partial charge on any atom is -0.465 e. The van der Waals surface area contributed by atoms with Gasteiger partial charge >= 0.3 is 5.97 Å². The summed E-state index contributed by atoms with van der Waals surface area (Å²) in [5, 5.41) is 0. The molecule has 0 bridgehead atoms. The summed E-state index contributed by atoms with van der Waals surface area (Å²) in [5.74, 6) is -0.608. The van der Waals surface area contributed by atoms with Crippen LogP contribution < -0.4 is 10.5 Å². The predicted octanol–water partition coefficient (Wildman–Crippen LogP) is 0.240. The van der Waals surface area contributed by atoms with Crippen molar-refractivity contribution < 1.29 is 17.9 Å². The summed E-state index contributed by atoms with van der Waals surface area (Å²) in [5.41, 5.74) is 6.33. The van der Waals surface area contributed by atoms with Crippen molar-refractivity contribution in [3.05, 3.63) is 35.4 Å². The van der Waals surface area contributed by atoms with Gasteiger partial charge in [-0.25, -0.2) is 17.9 Å². The second kappa shape index (κ2) is 6.65. The van der Waals surface area contributed by atoms with Crippen LogP contribution in [0.4, 0.5) is 0 Å². The van der Waals surface area contributed by atoms with Crippen molar-refractivity contribution in [2.45, 2.75) is 18.7 Å². The maximum Gasteiger partial charge on any atom is 0.337 e. The highest BCUT2D eigenvalue weighted by atomic mass is 32.2. The lowest BCUT2D eigenvalue weighted by atomic mass is 10.1. The van der Waals surface area contributed by atoms with E-state index in [1.807, 2.05) is 0 Å². The fourth-order valence-corrected chi connectivity index (χ4v) is 2.89. The van der Waals surface area contributed by atoms with Crippen molar-refractivity contribution in [2.24, 2.45) is 5.73 Å². The van der Waals surface area contributed by atoms with Gasteiger partial charge in [0.25, 0.3) is 0 Å². The maximum absolute atomic E-state index is 11.8. The van der Waals surface area contributed by atoms with Crippen molar-refractivity contribution in [3.63, 3.8) is 0 Å². The van der Waals surface area contributed by atoms with Crippen molar-refractivity contribution in [3.8, 4) is 0 Å². The maximum atomic E-state index is 11.8. The Morgan fingerprint density at radius 1 is 1.37 bits per heavy atom. The first-order valence-corrected chi connectivity index (χ1v) is 7.40. The van der Waals surface area contributed by atoms with Crippen molar-refractivity contribution >= 4 is 16.0 Å². The van der Waals surface area contributed by atoms with Crippen LogP contribution in [0.15, 0.2) is 24.3 Å². The molecule has 1 unspecified atom stereocenters. The van der Waals surface area contributed by atoms with Crippen LogP contribution in [0.1, 0.15) is 22.8 Å². The molecule has 1 aromatic rings. The Balaban J connectivity index is 2.75. The third kappa shape index (κ3) is 4.98. The van der Waals surface area contributed by atoms with Gasteiger partial charge in [0.2, 0.25) is 10.0 Å². The van der Waals surface area contributed by atoms with Gasteiger partial charge < -0.3 is 10.5 Å². The third-order valence-electron chi connectivity index (χ3n) is 2.47. The lowest BCUT2D eigenvalue weighted by Gasteiger charge is -2.12. The number of sulfonamides is 1. The second-order valence-electron chi connectivity index (χ2n) is 4.20. The van der Waals surface area contributed by atoms with Crippen LogP contribution in [0.25, 0.3) is 0 Å². The summed E-state index contributed by atoms with van der Waals surface area (Å²) in [7, 11) is -2.14. The smallest absolute Gasteiger partial charge is 0.337 e. The monoisotopic (exact) mass is 286 g/mol. The first-order chi connectivity index (χ1) is 8.88. The standard InChI is InChI=1S/C12H18N2O4S/c1-9(7-13)14-19(16,17)8-10-3-5-11(6-4-10)12(15)18-2/h3-6,9,14H,7-8,13H2,1-2H3. The molecular weight excluding hydrogens is 268 g/mol. The van der Waals surface area contributed by atoms with E-state index in [1.165, 1.54) is 19.2 Å². The molecule has 106 valence electrons. The van der Waals surface area contributed by atoms with Gasteiger partial charge in [0.15, 0.2) is 0 Å². The molecule has 0 spiro atoms. The van der Waals surface area contributed by atoms with Gasteiger partial charge in [-0.2, -0.15) is 0 Å². The molecule has 0 fully saturated rings. The summed E-state index contributed by atoms with van der Waals surface area (Å²) in [4.78, 5) is 11.2. The molecule has 19 heavy (non-hydrogen) atoms. The molecule has 0 amide bonds. The minimum atomic E-state index is -3.43. The number of rotatable bonds is 6. The Labute approximate surface area is 113 Å². The molecule has 3 N–H and O–H groups in total. The zero-order chi connectivity index (χ0) is 14.5. The van der Waals surface area contributed by atoms with Crippen LogP contribution in [0.3, 0.4) is 0 Å². The average molecular weight is 286 g/mol. The summed E-state index contributed by atoms with van der Waals surface area (Å²) in [6.45, 7) is 1.93. The largest absolute Gasteiger partial charge is 0.465 e. The third-order valence-corrected chi connectivity index (χ3v) is 3.94. The Morgan fingerprint density at radius 3 is 2.42 bits per heavy atom. The number of nitrogens with two attached hydrogens (primary N) is 1. The Hall–Kier alpha value is -1.44. The number of esters is 1. The summed E-state index contributed by atoms with van der Waals surface area (Å²) >= 11 is 0. The molecule has 7 heteroatoms. The molecule has 0 aliphatic rings. The number of benzene rings is 1. The molecule has 1 rings (SSSR count). The summed E-state index contributed by atoms with van der Waals surface area (Å²) in [6, 6.07) is 5.92. The Kier molecular flexibility index (Phi) is 5.46. The second-order valence-corrected chi connectivity index (χ2v) is 5.96. The topological polar surface area (TPSA) is 98.5 Å². The number of methoxy groups -OCH3 is 1. The van der Waals surface area contributed by atoms with E-state index in [4.69, 9.17) is 5.73 Å². The fourth-order valence-electron chi connectivity index (χ4n) is 1.47. The van der Waals surface area contributed by atoms with Gasteiger partial charge in [-0.15, -0.1) is 0 Å². The van der Waals surface area contributed by atoms with Gasteiger partial charge in [-0.3, -0.25) is 0 Å². The first-order valence-electron chi connectivity index (χ1n) is 5.75. The quantitative estimate of drug-likeness (QED) is 0.730. The van der Waals surface area contributed by atoms with Crippen LogP contribution in [0.2, 0.25) is 0 Å². The molecule has 1 atom stereocenters. The molecule has 1 aromatic carbocycles. The zero-order valence-corrected chi connectivity index (χ0v) is 11.7. The molecule has 0 aliphatic carbocycles. The van der Waals surface area contributed by atoms with E-state index in [2.05, 4.69) is 9.46 Å². The average Bonchev–Trinajstić information content (AvgIpc) is 2.37. The lowest BCUT2D eigenvalue weighted by molar-refractivity contribution is 0.0600. The van der Waals surface area contributed by atoms with Gasteiger partial charge in [-0.05, 0) is 24.6 Å². The van der Waals surface area contributed by atoms with E-state index in [0.29, 0.717) is 11.1 Å². The molecule has 0 radical (unpaired) electrons. The van der Waals surface area contributed by atoms with Crippen LogP contribution in [0, 0.1) is 0 Å². The van der Waals surface area contributed by atoms with Crippen LogP contribution in [-0.4, -0.2) is 34.1 Å². The van der Waals surface area contributed by atoms with Gasteiger partial charge in [0.05, 0.1) is 18.4 Å². The molecule has 0 aliphatic heterocycles. The van der Waals surface area contributed by atoms with E-state index in [0.717, 1.165) is 0 Å². The molecule has 0 saturated carbocycles. The molecule has 6 nitrogen and oxygen atoms in total. The van der Waals surface area contributed by atoms with E-state index in [-0.39, 0.29) is 18.3 Å². The van der Waals surface area contributed by atoms with Crippen molar-refractivity contribution in [1.82, 2.24) is 4.72 Å². The normalized spacial score (nSPS) is 13.0. The number of hydrogen-bond donors (Lipinski definition) is 2. The van der Waals surface area contributed by atoms with Gasteiger partial charge in [0.1, 0.15) is 0 Å². The molecular formula is C12H18N2O4S. The number of carbonyl (C=O) groups excluding carboxylic acids is 1. The number of hydrogen-bond acceptors (Lipinski definition) is 5. The Bertz CT molecular complexity index is 525.